The molecule has 0 radical (unpaired) electrons. The summed E-state index contributed by atoms with van der Waals surface area (Å²) in [6, 6.07) is 2.75. The molecule has 39 heavy (non-hydrogen) atoms. The zero-order chi connectivity index (χ0) is 29.6. The molecule has 0 aliphatic rings. The molecule has 0 fully saturated rings. The lowest BCUT2D eigenvalue weighted by Crippen LogP contribution is -2.53. The summed E-state index contributed by atoms with van der Waals surface area (Å²) in [6.45, 7) is 11.5. The maximum Gasteiger partial charge on any atom is 0.408 e. The summed E-state index contributed by atoms with van der Waals surface area (Å²) >= 11 is 0. The van der Waals surface area contributed by atoms with Gasteiger partial charge in [-0.15, -0.1) is 0 Å². The molecule has 0 heterocycles. The maximum atomic E-state index is 14.1. The van der Waals surface area contributed by atoms with Gasteiger partial charge in [-0.2, -0.15) is 0 Å². The number of nitrogens with two attached hydrogens (primary N) is 1. The number of hydrogen-bond donors (Lipinski definition) is 4. The van der Waals surface area contributed by atoms with Gasteiger partial charge in [0.1, 0.15) is 23.4 Å². The molecular weight excluding hydrogens is 500 g/mol. The Morgan fingerprint density at radius 2 is 1.69 bits per heavy atom. The monoisotopic (exact) mass is 548 g/mol. The Labute approximate surface area is 233 Å². The van der Waals surface area contributed by atoms with Crippen LogP contribution in [0.5, 0.6) is 5.75 Å². The van der Waals surface area contributed by atoms with Crippen LogP contribution < -0.4 is 16.4 Å². The van der Waals surface area contributed by atoms with E-state index in [-0.39, 0.29) is 25.1 Å². The molecule has 5 N–H and O–H groups in total. The van der Waals surface area contributed by atoms with Crippen molar-refractivity contribution in [1.29, 1.82) is 0 Å². The lowest BCUT2D eigenvalue weighted by Gasteiger charge is -2.35. The van der Waals surface area contributed by atoms with Crippen molar-refractivity contribution in [3.63, 3.8) is 0 Å². The van der Waals surface area contributed by atoms with E-state index in [1.54, 1.807) is 45.9 Å². The van der Waals surface area contributed by atoms with Crippen molar-refractivity contribution in [2.45, 2.75) is 111 Å². The minimum Gasteiger partial charge on any atom is -0.507 e. The number of carbonyl (C=O) groups is 4. The van der Waals surface area contributed by atoms with Gasteiger partial charge in [-0.1, -0.05) is 57.7 Å². The molecule has 2 atom stereocenters. The number of alkyl carbamates (subject to hydrolysis) is 1. The summed E-state index contributed by atoms with van der Waals surface area (Å²) in [6.07, 6.45) is 3.95. The van der Waals surface area contributed by atoms with Crippen LogP contribution in [0, 0.1) is 6.92 Å². The molecule has 10 nitrogen and oxygen atoms in total. The molecule has 1 aromatic carbocycles. The summed E-state index contributed by atoms with van der Waals surface area (Å²) < 4.78 is 5.35. The molecule has 0 bridgehead atoms. The highest BCUT2D eigenvalue weighted by molar-refractivity contribution is 5.93. The van der Waals surface area contributed by atoms with Gasteiger partial charge >= 0.3 is 6.09 Å². The number of nitrogens with one attached hydrogen (secondary N) is 2. The molecule has 0 saturated carbocycles. The Bertz CT molecular complexity index is 960. The average molecular weight is 549 g/mol. The summed E-state index contributed by atoms with van der Waals surface area (Å²) in [7, 11) is 0. The molecule has 1 rings (SSSR count). The third kappa shape index (κ3) is 12.0. The van der Waals surface area contributed by atoms with Gasteiger partial charge < -0.3 is 31.1 Å². The number of aryl methyl sites for hydroxylation is 1. The molecule has 10 heteroatoms. The highest BCUT2D eigenvalue weighted by Gasteiger charge is 2.37. The van der Waals surface area contributed by atoms with Gasteiger partial charge in [0.2, 0.25) is 17.7 Å². The zero-order valence-electron chi connectivity index (χ0n) is 24.5. The van der Waals surface area contributed by atoms with Crippen LogP contribution in [0.2, 0.25) is 0 Å². The molecular formula is C29H48N4O6. The zero-order valence-corrected chi connectivity index (χ0v) is 24.5. The molecule has 220 valence electrons. The van der Waals surface area contributed by atoms with E-state index in [4.69, 9.17) is 10.5 Å². The first-order valence-electron chi connectivity index (χ1n) is 14.0. The number of amides is 4. The fourth-order valence-electron chi connectivity index (χ4n) is 4.13. The van der Waals surface area contributed by atoms with E-state index in [0.717, 1.165) is 32.1 Å². The van der Waals surface area contributed by atoms with Gasteiger partial charge in [-0.05, 0) is 52.5 Å². The van der Waals surface area contributed by atoms with Gasteiger partial charge in [0.25, 0.3) is 0 Å². The number of primary amides is 1. The van der Waals surface area contributed by atoms with Crippen molar-refractivity contribution in [3.05, 3.63) is 29.3 Å². The second-order valence-corrected chi connectivity index (χ2v) is 10.9. The summed E-state index contributed by atoms with van der Waals surface area (Å²) in [5, 5.41) is 16.4. The first kappa shape index (κ1) is 33.7. The van der Waals surface area contributed by atoms with Crippen LogP contribution in [0.25, 0.3) is 0 Å². The number of rotatable bonds is 16. The fourth-order valence-corrected chi connectivity index (χ4v) is 4.13. The van der Waals surface area contributed by atoms with Crippen LogP contribution in [0.15, 0.2) is 18.2 Å². The predicted molar refractivity (Wildman–Crippen MR) is 151 cm³/mol. The summed E-state index contributed by atoms with van der Waals surface area (Å²) in [5.41, 5.74) is 5.40. The second-order valence-electron chi connectivity index (χ2n) is 10.9. The Morgan fingerprint density at radius 3 is 2.28 bits per heavy atom. The van der Waals surface area contributed by atoms with Gasteiger partial charge in [-0.25, -0.2) is 4.79 Å². The Kier molecular flexibility index (Phi) is 14.4. The third-order valence-corrected chi connectivity index (χ3v) is 6.16. The SMILES string of the molecule is CCCCCNC(=O)C(c1cccc(C)c1O)N(CCCCC)C(=O)C(CCC(N)=O)NC(=O)OC(C)(C)C. The number of para-hydroxylation sites is 1. The number of benzene rings is 1. The summed E-state index contributed by atoms with van der Waals surface area (Å²) in [4.78, 5) is 53.4. The third-order valence-electron chi connectivity index (χ3n) is 6.16. The number of phenolic OH excluding ortho intramolecular Hbond substituents is 1. The first-order valence-corrected chi connectivity index (χ1v) is 14.0. The van der Waals surface area contributed by atoms with E-state index in [9.17, 15) is 24.3 Å². The number of hydrogen-bond acceptors (Lipinski definition) is 6. The lowest BCUT2D eigenvalue weighted by atomic mass is 9.98. The first-order chi connectivity index (χ1) is 18.3. The van der Waals surface area contributed by atoms with Gasteiger partial charge in [-0.3, -0.25) is 14.4 Å². The topological polar surface area (TPSA) is 151 Å². The molecule has 0 aliphatic carbocycles. The van der Waals surface area contributed by atoms with Crippen LogP contribution in [-0.4, -0.2) is 58.6 Å². The van der Waals surface area contributed by atoms with Crippen molar-refractivity contribution in [3.8, 4) is 5.75 Å². The smallest absolute Gasteiger partial charge is 0.408 e. The van der Waals surface area contributed by atoms with E-state index in [2.05, 4.69) is 17.6 Å². The standard InChI is InChI=1S/C29H48N4O6/c1-7-9-11-18-31-26(36)24(21-15-13-14-20(3)25(21)35)33(19-12-10-8-2)27(37)22(16-17-23(30)34)32-28(38)39-29(4,5)6/h13-15,22,24,35H,7-12,16-19H2,1-6H3,(H2,30,34)(H,31,36)(H,32,38). The Morgan fingerprint density at radius 1 is 1.05 bits per heavy atom. The van der Waals surface area contributed by atoms with Crippen molar-refractivity contribution in [2.24, 2.45) is 5.73 Å². The van der Waals surface area contributed by atoms with Crippen LogP contribution in [0.4, 0.5) is 4.79 Å². The van der Waals surface area contributed by atoms with Crippen LogP contribution in [0.1, 0.15) is 103 Å². The quantitative estimate of drug-likeness (QED) is 0.227. The molecule has 2 unspecified atom stereocenters. The van der Waals surface area contributed by atoms with Gasteiger partial charge in [0, 0.05) is 25.1 Å². The van der Waals surface area contributed by atoms with Crippen molar-refractivity contribution in [1.82, 2.24) is 15.5 Å². The minimum atomic E-state index is -1.17. The van der Waals surface area contributed by atoms with Crippen molar-refractivity contribution in [2.75, 3.05) is 13.1 Å². The van der Waals surface area contributed by atoms with E-state index in [0.29, 0.717) is 24.1 Å². The number of unbranched alkanes of at least 4 members (excludes halogenated alkanes) is 4. The summed E-state index contributed by atoms with van der Waals surface area (Å²) in [5.74, 6) is -1.69. The molecule has 0 saturated heterocycles. The number of phenols is 1. The maximum absolute atomic E-state index is 14.1. The van der Waals surface area contributed by atoms with Crippen molar-refractivity contribution < 1.29 is 29.0 Å². The molecule has 0 aromatic heterocycles. The molecule has 0 spiro atoms. The fraction of sp³-hybridized carbons (Fsp3) is 0.655. The van der Waals surface area contributed by atoms with E-state index in [1.165, 1.54) is 4.90 Å². The Balaban J connectivity index is 3.53. The van der Waals surface area contributed by atoms with Gasteiger partial charge in [0.15, 0.2) is 0 Å². The highest BCUT2D eigenvalue weighted by atomic mass is 16.6. The number of aromatic hydroxyl groups is 1. The second kappa shape index (κ2) is 16.6. The number of carbonyl (C=O) groups excluding carboxylic acids is 4. The van der Waals surface area contributed by atoms with E-state index >= 15 is 0 Å². The highest BCUT2D eigenvalue weighted by Crippen LogP contribution is 2.32. The largest absolute Gasteiger partial charge is 0.507 e. The van der Waals surface area contributed by atoms with Crippen LogP contribution in [-0.2, 0) is 19.1 Å². The lowest BCUT2D eigenvalue weighted by molar-refractivity contribution is -0.143. The van der Waals surface area contributed by atoms with E-state index in [1.807, 2.05) is 6.92 Å². The van der Waals surface area contributed by atoms with E-state index < -0.39 is 41.5 Å². The molecule has 0 aliphatic heterocycles. The number of ether oxygens (including phenoxy) is 1. The van der Waals surface area contributed by atoms with Crippen LogP contribution in [0.3, 0.4) is 0 Å². The molecule has 1 aromatic rings. The average Bonchev–Trinajstić information content (AvgIpc) is 2.84. The Hall–Kier alpha value is -3.30. The van der Waals surface area contributed by atoms with Gasteiger partial charge in [0.05, 0.1) is 0 Å². The predicted octanol–water partition coefficient (Wildman–Crippen LogP) is 4.23. The number of nitrogens with zero attached hydrogens (tertiary/aromatic N) is 1. The minimum absolute atomic E-state index is 0.0671. The molecule has 4 amide bonds. The van der Waals surface area contributed by atoms with Crippen molar-refractivity contribution >= 4 is 23.8 Å². The van der Waals surface area contributed by atoms with Crippen LogP contribution >= 0.6 is 0 Å². The normalized spacial score (nSPS) is 12.8.